The highest BCUT2D eigenvalue weighted by Gasteiger charge is 2.35. The van der Waals surface area contributed by atoms with Gasteiger partial charge in [-0.3, -0.25) is 9.78 Å². The van der Waals surface area contributed by atoms with Crippen molar-refractivity contribution in [3.8, 4) is 0 Å². The van der Waals surface area contributed by atoms with E-state index in [0.29, 0.717) is 0 Å². The highest BCUT2D eigenvalue weighted by Crippen LogP contribution is 2.30. The first kappa shape index (κ1) is 16.8. The third kappa shape index (κ3) is 3.61. The molecule has 0 spiro atoms. The van der Waals surface area contributed by atoms with Gasteiger partial charge in [-0.2, -0.15) is 13.2 Å². The predicted octanol–water partition coefficient (Wildman–Crippen LogP) is 2.04. The van der Waals surface area contributed by atoms with Crippen LogP contribution in [-0.4, -0.2) is 28.6 Å². The molecule has 2 rings (SSSR count). The average Bonchev–Trinajstić information content (AvgIpc) is 2.46. The molecule has 23 heavy (non-hydrogen) atoms. The molecular weight excluding hydrogens is 317 g/mol. The van der Waals surface area contributed by atoms with Crippen molar-refractivity contribution in [3.63, 3.8) is 0 Å². The monoisotopic (exact) mass is 330 g/mol. The molecule has 1 atom stereocenters. The van der Waals surface area contributed by atoms with Gasteiger partial charge in [-0.25, -0.2) is 4.79 Å². The van der Waals surface area contributed by atoms with Crippen molar-refractivity contribution < 1.29 is 32.6 Å². The molecule has 124 valence electrons. The van der Waals surface area contributed by atoms with Gasteiger partial charge < -0.3 is 15.2 Å². The summed E-state index contributed by atoms with van der Waals surface area (Å²) in [5, 5.41) is 12.3. The maximum absolute atomic E-state index is 12.5. The Labute approximate surface area is 129 Å². The number of ether oxygens (including phenoxy) is 1. The molecule has 0 bridgehead atoms. The van der Waals surface area contributed by atoms with Crippen LogP contribution >= 0.6 is 0 Å². The summed E-state index contributed by atoms with van der Waals surface area (Å²) in [5.74, 6) is -2.28. The Morgan fingerprint density at radius 1 is 1.48 bits per heavy atom. The van der Waals surface area contributed by atoms with Crippen LogP contribution in [0.5, 0.6) is 0 Å². The first-order chi connectivity index (χ1) is 10.7. The van der Waals surface area contributed by atoms with Gasteiger partial charge in [0.2, 0.25) is 0 Å². The van der Waals surface area contributed by atoms with Crippen molar-refractivity contribution >= 4 is 11.9 Å². The fraction of sp³-hybridized carbons (Fsp3) is 0.357. The molecule has 1 aromatic rings. The minimum Gasteiger partial charge on any atom is -0.511 e. The quantitative estimate of drug-likeness (QED) is 0.654. The molecule has 2 heterocycles. The van der Waals surface area contributed by atoms with Gasteiger partial charge in [-0.15, -0.1) is 0 Å². The number of hydrogen-bond donors (Lipinski definition) is 2. The number of pyridine rings is 1. The maximum atomic E-state index is 12.5. The van der Waals surface area contributed by atoms with E-state index < -0.39 is 41.1 Å². The van der Waals surface area contributed by atoms with Crippen LogP contribution in [0.25, 0.3) is 0 Å². The van der Waals surface area contributed by atoms with Crippen LogP contribution in [0.3, 0.4) is 0 Å². The number of aromatic nitrogens is 1. The summed E-state index contributed by atoms with van der Waals surface area (Å²) in [6.45, 7) is 1.59. The SMILES string of the molecule is CCOC(=O)C1=C(O)CC(c2ccc(C(F)(F)F)nc2)NC1=O. The second-order valence-corrected chi connectivity index (χ2v) is 4.75. The minimum absolute atomic E-state index is 0.0369. The molecule has 1 unspecified atom stereocenters. The Bertz CT molecular complexity index is 653. The number of nitrogens with one attached hydrogen (secondary N) is 1. The minimum atomic E-state index is -4.56. The summed E-state index contributed by atoms with van der Waals surface area (Å²) in [6.07, 6.45) is -3.74. The lowest BCUT2D eigenvalue weighted by Gasteiger charge is -2.24. The molecule has 0 radical (unpaired) electrons. The first-order valence-electron chi connectivity index (χ1n) is 6.67. The number of carbonyl (C=O) groups is 2. The molecule has 2 N–H and O–H groups in total. The zero-order valence-electron chi connectivity index (χ0n) is 12.0. The van der Waals surface area contributed by atoms with Crippen LogP contribution in [-0.2, 0) is 20.5 Å². The zero-order chi connectivity index (χ0) is 17.2. The molecule has 1 aliphatic rings. The lowest BCUT2D eigenvalue weighted by Crippen LogP contribution is -2.38. The zero-order valence-corrected chi connectivity index (χ0v) is 12.0. The fourth-order valence-corrected chi connectivity index (χ4v) is 2.10. The second kappa shape index (κ2) is 6.27. The Morgan fingerprint density at radius 2 is 2.17 bits per heavy atom. The van der Waals surface area contributed by atoms with E-state index >= 15 is 0 Å². The van der Waals surface area contributed by atoms with Crippen molar-refractivity contribution in [2.45, 2.75) is 25.6 Å². The van der Waals surface area contributed by atoms with Crippen molar-refractivity contribution in [2.75, 3.05) is 6.61 Å². The molecule has 0 aliphatic carbocycles. The van der Waals surface area contributed by atoms with E-state index in [4.69, 9.17) is 0 Å². The van der Waals surface area contributed by atoms with Crippen molar-refractivity contribution in [1.82, 2.24) is 10.3 Å². The van der Waals surface area contributed by atoms with Gasteiger partial charge >= 0.3 is 12.1 Å². The molecular formula is C14H13F3N2O4. The lowest BCUT2D eigenvalue weighted by atomic mass is 9.97. The molecule has 1 amide bonds. The Kier molecular flexibility index (Phi) is 4.57. The van der Waals surface area contributed by atoms with Crippen LogP contribution < -0.4 is 5.32 Å². The fourth-order valence-electron chi connectivity index (χ4n) is 2.10. The molecule has 0 saturated carbocycles. The highest BCUT2D eigenvalue weighted by atomic mass is 19.4. The van der Waals surface area contributed by atoms with Crippen LogP contribution in [0.4, 0.5) is 13.2 Å². The summed E-state index contributed by atoms with van der Waals surface area (Å²) < 4.78 is 42.1. The molecule has 0 fully saturated rings. The topological polar surface area (TPSA) is 88.5 Å². The normalized spacial score (nSPS) is 18.6. The van der Waals surface area contributed by atoms with Crippen molar-refractivity contribution in [1.29, 1.82) is 0 Å². The smallest absolute Gasteiger partial charge is 0.433 e. The summed E-state index contributed by atoms with van der Waals surface area (Å²) in [7, 11) is 0. The second-order valence-electron chi connectivity index (χ2n) is 4.75. The van der Waals surface area contributed by atoms with E-state index in [2.05, 4.69) is 15.0 Å². The van der Waals surface area contributed by atoms with Gasteiger partial charge in [-0.05, 0) is 18.6 Å². The lowest BCUT2D eigenvalue weighted by molar-refractivity contribution is -0.142. The standard InChI is InChI=1S/C14H13F3N2O4/c1-2-23-13(22)11-9(20)5-8(19-12(11)21)7-3-4-10(18-6-7)14(15,16)17/h3-4,6,8,20H,2,5H2,1H3,(H,19,21). The van der Waals surface area contributed by atoms with E-state index in [0.717, 1.165) is 18.3 Å². The highest BCUT2D eigenvalue weighted by molar-refractivity contribution is 6.17. The van der Waals surface area contributed by atoms with E-state index in [-0.39, 0.29) is 18.6 Å². The number of aliphatic hydroxyl groups excluding tert-OH is 1. The van der Waals surface area contributed by atoms with E-state index in [1.54, 1.807) is 6.92 Å². The summed E-state index contributed by atoms with van der Waals surface area (Å²) >= 11 is 0. The molecule has 0 saturated heterocycles. The number of halogens is 3. The van der Waals surface area contributed by atoms with Crippen LogP contribution in [0.15, 0.2) is 29.7 Å². The largest absolute Gasteiger partial charge is 0.511 e. The van der Waals surface area contributed by atoms with Gasteiger partial charge in [-0.1, -0.05) is 6.07 Å². The average molecular weight is 330 g/mol. The van der Waals surface area contributed by atoms with Gasteiger partial charge in [0, 0.05) is 12.6 Å². The molecule has 9 heteroatoms. The van der Waals surface area contributed by atoms with Crippen molar-refractivity contribution in [3.05, 3.63) is 40.9 Å². The maximum Gasteiger partial charge on any atom is 0.433 e. The molecule has 1 aliphatic heterocycles. The number of hydrogen-bond acceptors (Lipinski definition) is 5. The summed E-state index contributed by atoms with van der Waals surface area (Å²) in [6, 6.07) is 1.16. The third-order valence-corrected chi connectivity index (χ3v) is 3.18. The number of alkyl halides is 3. The number of carbonyl (C=O) groups excluding carboxylic acids is 2. The number of esters is 1. The van der Waals surface area contributed by atoms with Crippen LogP contribution in [0.1, 0.15) is 30.6 Å². The Balaban J connectivity index is 2.22. The van der Waals surface area contributed by atoms with Gasteiger partial charge in [0.1, 0.15) is 11.5 Å². The van der Waals surface area contributed by atoms with Gasteiger partial charge in [0.05, 0.1) is 12.6 Å². The van der Waals surface area contributed by atoms with Gasteiger partial charge in [0.15, 0.2) is 5.57 Å². The van der Waals surface area contributed by atoms with Crippen LogP contribution in [0, 0.1) is 0 Å². The number of aliphatic hydroxyl groups is 1. The molecule has 1 aromatic heterocycles. The third-order valence-electron chi connectivity index (χ3n) is 3.18. The summed E-state index contributed by atoms with van der Waals surface area (Å²) in [5.41, 5.74) is -1.28. The number of nitrogens with zero attached hydrogens (tertiary/aromatic N) is 1. The summed E-state index contributed by atoms with van der Waals surface area (Å²) in [4.78, 5) is 26.8. The molecule has 0 aromatic carbocycles. The molecule has 6 nitrogen and oxygen atoms in total. The van der Waals surface area contributed by atoms with Crippen molar-refractivity contribution in [2.24, 2.45) is 0 Å². The Morgan fingerprint density at radius 3 is 2.65 bits per heavy atom. The van der Waals surface area contributed by atoms with E-state index in [1.807, 2.05) is 0 Å². The number of amides is 1. The van der Waals surface area contributed by atoms with E-state index in [1.165, 1.54) is 0 Å². The number of rotatable bonds is 3. The first-order valence-corrected chi connectivity index (χ1v) is 6.67. The van der Waals surface area contributed by atoms with E-state index in [9.17, 15) is 27.9 Å². The predicted molar refractivity (Wildman–Crippen MR) is 71.0 cm³/mol. The van der Waals surface area contributed by atoms with Crippen LogP contribution in [0.2, 0.25) is 0 Å². The van der Waals surface area contributed by atoms with Gasteiger partial charge in [0.25, 0.3) is 5.91 Å². The Hall–Kier alpha value is -2.58.